The van der Waals surface area contributed by atoms with Crippen molar-refractivity contribution in [3.63, 3.8) is 0 Å². The summed E-state index contributed by atoms with van der Waals surface area (Å²) in [6, 6.07) is 22.0. The van der Waals surface area contributed by atoms with E-state index >= 15 is 0 Å². The summed E-state index contributed by atoms with van der Waals surface area (Å²) in [5.41, 5.74) is 5.15. The van der Waals surface area contributed by atoms with E-state index in [1.54, 1.807) is 12.4 Å². The van der Waals surface area contributed by atoms with Crippen molar-refractivity contribution in [2.24, 2.45) is 0 Å². The molecule has 1 N–H and O–H groups in total. The summed E-state index contributed by atoms with van der Waals surface area (Å²) >= 11 is 3.31. The van der Waals surface area contributed by atoms with Gasteiger partial charge in [0.2, 0.25) is 5.43 Å². The number of nitrogens with zero attached hydrogens (tertiary/aromatic N) is 2. The Morgan fingerprint density at radius 2 is 1.75 bits per heavy atom. The molecule has 5 rings (SSSR count). The fourth-order valence-electron chi connectivity index (χ4n) is 3.40. The van der Waals surface area contributed by atoms with Gasteiger partial charge in [0.25, 0.3) is 0 Å². The Bertz CT molecular complexity index is 1390. The zero-order chi connectivity index (χ0) is 19.1. The van der Waals surface area contributed by atoms with Crippen LogP contribution in [0.3, 0.4) is 0 Å². The van der Waals surface area contributed by atoms with Gasteiger partial charge in [-0.3, -0.25) is 9.78 Å². The van der Waals surface area contributed by atoms with Crippen LogP contribution >= 0.6 is 15.9 Å². The first-order valence-corrected chi connectivity index (χ1v) is 9.62. The van der Waals surface area contributed by atoms with Crippen molar-refractivity contribution in [3.05, 3.63) is 93.8 Å². The SMILES string of the molecule is O=c1c(Br)c[nH]c2nc(-c3ccccc3)c(-c3ccc4ncccc4c3)cc12. The number of pyridine rings is 3. The maximum atomic E-state index is 12.7. The summed E-state index contributed by atoms with van der Waals surface area (Å²) < 4.78 is 0.489. The number of halogens is 1. The third-order valence-electron chi connectivity index (χ3n) is 4.78. The Labute approximate surface area is 169 Å². The van der Waals surface area contributed by atoms with E-state index < -0.39 is 0 Å². The van der Waals surface area contributed by atoms with Gasteiger partial charge >= 0.3 is 0 Å². The minimum atomic E-state index is -0.0791. The molecular weight excluding hydrogens is 414 g/mol. The van der Waals surface area contributed by atoms with Crippen molar-refractivity contribution in [2.75, 3.05) is 0 Å². The van der Waals surface area contributed by atoms with Gasteiger partial charge < -0.3 is 4.98 Å². The Morgan fingerprint density at radius 3 is 2.61 bits per heavy atom. The fourth-order valence-corrected chi connectivity index (χ4v) is 3.73. The summed E-state index contributed by atoms with van der Waals surface area (Å²) in [6.45, 7) is 0. The lowest BCUT2D eigenvalue weighted by Crippen LogP contribution is -2.06. The van der Waals surface area contributed by atoms with Crippen molar-refractivity contribution >= 4 is 37.9 Å². The van der Waals surface area contributed by atoms with Crippen molar-refractivity contribution < 1.29 is 0 Å². The van der Waals surface area contributed by atoms with Crippen LogP contribution < -0.4 is 5.43 Å². The second kappa shape index (κ2) is 6.69. The van der Waals surface area contributed by atoms with Crippen molar-refractivity contribution in [3.8, 4) is 22.4 Å². The zero-order valence-corrected chi connectivity index (χ0v) is 16.3. The first-order chi connectivity index (χ1) is 13.7. The Morgan fingerprint density at radius 1 is 0.893 bits per heavy atom. The number of aromatic nitrogens is 3. The molecule has 0 aliphatic rings. The van der Waals surface area contributed by atoms with Crippen LogP contribution in [-0.2, 0) is 0 Å². The van der Waals surface area contributed by atoms with Gasteiger partial charge in [-0.25, -0.2) is 4.98 Å². The number of hydrogen-bond acceptors (Lipinski definition) is 3. The van der Waals surface area contributed by atoms with E-state index in [2.05, 4.69) is 32.0 Å². The highest BCUT2D eigenvalue weighted by molar-refractivity contribution is 9.10. The Kier molecular flexibility index (Phi) is 4.02. The maximum absolute atomic E-state index is 12.7. The topological polar surface area (TPSA) is 58.6 Å². The second-order valence-corrected chi connectivity index (χ2v) is 7.38. The van der Waals surface area contributed by atoms with Crippen LogP contribution in [0.2, 0.25) is 0 Å². The molecule has 3 heterocycles. The largest absolute Gasteiger partial charge is 0.345 e. The molecule has 3 aromatic heterocycles. The smallest absolute Gasteiger partial charge is 0.205 e. The van der Waals surface area contributed by atoms with E-state index in [0.717, 1.165) is 33.3 Å². The molecule has 0 atom stereocenters. The summed E-state index contributed by atoms with van der Waals surface area (Å²) in [6.07, 6.45) is 3.42. The monoisotopic (exact) mass is 427 g/mol. The second-order valence-electron chi connectivity index (χ2n) is 6.52. The van der Waals surface area contributed by atoms with Crippen LogP contribution in [0.15, 0.2) is 88.4 Å². The lowest BCUT2D eigenvalue weighted by molar-refractivity contribution is 1.26. The highest BCUT2D eigenvalue weighted by Crippen LogP contribution is 2.33. The minimum Gasteiger partial charge on any atom is -0.345 e. The molecule has 0 fully saturated rings. The maximum Gasteiger partial charge on any atom is 0.205 e. The van der Waals surface area contributed by atoms with Gasteiger partial charge in [-0.15, -0.1) is 0 Å². The fraction of sp³-hybridized carbons (Fsp3) is 0. The molecular formula is C23H14BrN3O. The predicted molar refractivity (Wildman–Crippen MR) is 116 cm³/mol. The molecule has 0 aliphatic carbocycles. The number of fused-ring (bicyclic) bond motifs is 2. The molecule has 0 saturated carbocycles. The number of hydrogen-bond donors (Lipinski definition) is 1. The van der Waals surface area contributed by atoms with E-state index in [1.807, 2.05) is 60.7 Å². The number of aromatic amines is 1. The lowest BCUT2D eigenvalue weighted by Gasteiger charge is -2.12. The van der Waals surface area contributed by atoms with Crippen LogP contribution in [0.5, 0.6) is 0 Å². The van der Waals surface area contributed by atoms with E-state index in [4.69, 9.17) is 4.98 Å². The summed E-state index contributed by atoms with van der Waals surface area (Å²) in [5.74, 6) is 0. The third-order valence-corrected chi connectivity index (χ3v) is 5.37. The molecule has 5 heteroatoms. The number of benzene rings is 2. The van der Waals surface area contributed by atoms with Crippen LogP contribution in [0.25, 0.3) is 44.3 Å². The number of rotatable bonds is 2. The summed E-state index contributed by atoms with van der Waals surface area (Å²) in [7, 11) is 0. The van der Waals surface area contributed by atoms with Gasteiger partial charge in [0.05, 0.1) is 21.1 Å². The first-order valence-electron chi connectivity index (χ1n) is 8.83. The molecule has 0 unspecified atom stereocenters. The van der Waals surface area contributed by atoms with Crippen LogP contribution in [-0.4, -0.2) is 15.0 Å². The summed E-state index contributed by atoms with van der Waals surface area (Å²) in [5, 5.41) is 1.60. The van der Waals surface area contributed by atoms with Gasteiger partial charge in [-0.1, -0.05) is 42.5 Å². The zero-order valence-electron chi connectivity index (χ0n) is 14.7. The molecule has 0 amide bonds. The third kappa shape index (κ3) is 2.80. The molecule has 0 spiro atoms. The van der Waals surface area contributed by atoms with Gasteiger partial charge in [0.1, 0.15) is 5.65 Å². The van der Waals surface area contributed by atoms with Crippen LogP contribution in [0.4, 0.5) is 0 Å². The van der Waals surface area contributed by atoms with Gasteiger partial charge in [0, 0.05) is 28.9 Å². The molecule has 28 heavy (non-hydrogen) atoms. The van der Waals surface area contributed by atoms with Crippen molar-refractivity contribution in [1.29, 1.82) is 0 Å². The number of nitrogens with one attached hydrogen (secondary N) is 1. The quantitative estimate of drug-likeness (QED) is 0.400. The van der Waals surface area contributed by atoms with E-state index in [0.29, 0.717) is 15.5 Å². The van der Waals surface area contributed by atoms with Crippen LogP contribution in [0, 0.1) is 0 Å². The minimum absolute atomic E-state index is 0.0791. The van der Waals surface area contributed by atoms with Gasteiger partial charge in [-0.2, -0.15) is 0 Å². The highest BCUT2D eigenvalue weighted by atomic mass is 79.9. The molecule has 0 bridgehead atoms. The average Bonchev–Trinajstić information content (AvgIpc) is 2.76. The Balaban J connectivity index is 1.86. The van der Waals surface area contributed by atoms with E-state index in [1.165, 1.54) is 0 Å². The van der Waals surface area contributed by atoms with E-state index in [9.17, 15) is 4.79 Å². The molecule has 0 aliphatic heterocycles. The number of H-pyrrole nitrogens is 1. The van der Waals surface area contributed by atoms with Crippen molar-refractivity contribution in [2.45, 2.75) is 0 Å². The highest BCUT2D eigenvalue weighted by Gasteiger charge is 2.14. The molecule has 2 aromatic carbocycles. The van der Waals surface area contributed by atoms with Crippen LogP contribution in [0.1, 0.15) is 0 Å². The average molecular weight is 428 g/mol. The molecule has 4 nitrogen and oxygen atoms in total. The molecule has 0 radical (unpaired) electrons. The normalized spacial score (nSPS) is 11.2. The van der Waals surface area contributed by atoms with E-state index in [-0.39, 0.29) is 5.43 Å². The predicted octanol–water partition coefficient (Wildman–Crippen LogP) is 5.57. The lowest BCUT2D eigenvalue weighted by atomic mass is 9.97. The van der Waals surface area contributed by atoms with Gasteiger partial charge in [-0.05, 0) is 45.8 Å². The van der Waals surface area contributed by atoms with Crippen molar-refractivity contribution in [1.82, 2.24) is 15.0 Å². The summed E-state index contributed by atoms with van der Waals surface area (Å²) in [4.78, 5) is 25.0. The molecule has 5 aromatic rings. The standard InChI is InChI=1S/C23H14BrN3O/c24-19-13-26-23-18(22(19)28)12-17(21(27-23)14-5-2-1-3-6-14)15-8-9-20-16(11-15)7-4-10-25-20/h1-13H,(H,26,27,28). The van der Waals surface area contributed by atoms with Gasteiger partial charge in [0.15, 0.2) is 0 Å². The molecule has 0 saturated heterocycles. The Hall–Kier alpha value is -3.31. The first kappa shape index (κ1) is 16.8. The molecule has 134 valence electrons.